The van der Waals surface area contributed by atoms with Gasteiger partial charge in [-0.05, 0) is 24.3 Å². The number of aromatic nitrogens is 2. The molecule has 0 saturated heterocycles. The van der Waals surface area contributed by atoms with Crippen LogP contribution in [0, 0.1) is 0 Å². The van der Waals surface area contributed by atoms with E-state index in [9.17, 15) is 0 Å². The molecule has 0 spiro atoms. The molecule has 88 valence electrons. The lowest BCUT2D eigenvalue weighted by atomic mass is 10.4. The Morgan fingerprint density at radius 2 is 1.94 bits per heavy atom. The first-order valence-electron chi connectivity index (χ1n) is 4.93. The van der Waals surface area contributed by atoms with Gasteiger partial charge in [-0.2, -0.15) is 4.98 Å². The molecule has 4 nitrogen and oxygen atoms in total. The molecule has 1 heterocycles. The van der Waals surface area contributed by atoms with Crippen molar-refractivity contribution >= 4 is 35.1 Å². The van der Waals surface area contributed by atoms with Crippen molar-refractivity contribution in [2.75, 3.05) is 18.1 Å². The topological polar surface area (TPSA) is 63.8 Å². The Kier molecular flexibility index (Phi) is 3.71. The van der Waals surface area contributed by atoms with Crippen LogP contribution in [0.3, 0.4) is 0 Å². The van der Waals surface area contributed by atoms with Gasteiger partial charge in [0.2, 0.25) is 5.95 Å². The summed E-state index contributed by atoms with van der Waals surface area (Å²) >= 11 is 7.33. The Hall–Kier alpha value is -1.46. The molecule has 0 radical (unpaired) electrons. The minimum Gasteiger partial charge on any atom is -0.373 e. The number of hydrogen-bond donors (Lipinski definition) is 2. The van der Waals surface area contributed by atoms with Crippen molar-refractivity contribution in [2.45, 2.75) is 9.92 Å². The lowest BCUT2D eigenvalue weighted by Gasteiger charge is -2.05. The highest BCUT2D eigenvalue weighted by molar-refractivity contribution is 7.99. The van der Waals surface area contributed by atoms with E-state index in [1.807, 2.05) is 30.3 Å². The summed E-state index contributed by atoms with van der Waals surface area (Å²) in [7, 11) is 1.79. The molecule has 0 saturated carbocycles. The number of nitrogen functional groups attached to an aromatic ring is 1. The molecule has 17 heavy (non-hydrogen) atoms. The summed E-state index contributed by atoms with van der Waals surface area (Å²) < 4.78 is 0. The molecule has 0 atom stereocenters. The van der Waals surface area contributed by atoms with Crippen LogP contribution in [0.5, 0.6) is 0 Å². The van der Waals surface area contributed by atoms with Crippen molar-refractivity contribution in [3.8, 4) is 0 Å². The fraction of sp³-hybridized carbons (Fsp3) is 0.0909. The normalized spacial score (nSPS) is 10.2. The van der Waals surface area contributed by atoms with Crippen LogP contribution in [0.25, 0.3) is 0 Å². The molecule has 2 rings (SSSR count). The highest BCUT2D eigenvalue weighted by Gasteiger charge is 2.03. The first-order valence-corrected chi connectivity index (χ1v) is 6.12. The molecule has 0 fully saturated rings. The van der Waals surface area contributed by atoms with Gasteiger partial charge in [0, 0.05) is 23.0 Å². The van der Waals surface area contributed by atoms with E-state index in [2.05, 4.69) is 15.3 Å². The third-order valence-corrected chi connectivity index (χ3v) is 3.19. The molecule has 1 aromatic carbocycles. The van der Waals surface area contributed by atoms with E-state index in [0.29, 0.717) is 10.8 Å². The Balaban J connectivity index is 2.23. The summed E-state index contributed by atoms with van der Waals surface area (Å²) in [5, 5.41) is 4.45. The maximum absolute atomic E-state index is 5.82. The number of nitrogens with two attached hydrogens (primary N) is 1. The number of hydrogen-bond acceptors (Lipinski definition) is 5. The van der Waals surface area contributed by atoms with Crippen LogP contribution in [-0.4, -0.2) is 17.0 Å². The first-order chi connectivity index (χ1) is 8.17. The van der Waals surface area contributed by atoms with E-state index in [0.717, 1.165) is 9.92 Å². The van der Waals surface area contributed by atoms with Crippen LogP contribution in [0.4, 0.5) is 11.8 Å². The van der Waals surface area contributed by atoms with E-state index in [4.69, 9.17) is 17.3 Å². The number of nitrogens with zero attached hydrogens (tertiary/aromatic N) is 2. The molecule has 0 unspecified atom stereocenters. The SMILES string of the molecule is CNc1cc(Sc2ccc(Cl)cc2)nc(N)n1. The molecule has 3 N–H and O–H groups in total. The summed E-state index contributed by atoms with van der Waals surface area (Å²) in [6.07, 6.45) is 0. The van der Waals surface area contributed by atoms with E-state index in [1.54, 1.807) is 7.05 Å². The average molecular weight is 267 g/mol. The van der Waals surface area contributed by atoms with Gasteiger partial charge in [-0.15, -0.1) is 0 Å². The largest absolute Gasteiger partial charge is 0.373 e. The number of nitrogens with one attached hydrogen (secondary N) is 1. The molecular weight excluding hydrogens is 256 g/mol. The molecule has 1 aromatic heterocycles. The monoisotopic (exact) mass is 266 g/mol. The number of anilines is 2. The van der Waals surface area contributed by atoms with Crippen LogP contribution in [0.15, 0.2) is 40.3 Å². The van der Waals surface area contributed by atoms with Crippen molar-refractivity contribution in [3.05, 3.63) is 35.4 Å². The highest BCUT2D eigenvalue weighted by atomic mass is 35.5. The van der Waals surface area contributed by atoms with Crippen molar-refractivity contribution in [3.63, 3.8) is 0 Å². The summed E-state index contributed by atoms with van der Waals surface area (Å²) in [6.45, 7) is 0. The standard InChI is InChI=1S/C11H11ClN4S/c1-14-9-6-10(16-11(13)15-9)17-8-4-2-7(12)3-5-8/h2-6H,1H3,(H3,13,14,15,16). The zero-order valence-corrected chi connectivity index (χ0v) is 10.7. The van der Waals surface area contributed by atoms with E-state index in [-0.39, 0.29) is 5.95 Å². The van der Waals surface area contributed by atoms with Crippen molar-refractivity contribution in [2.24, 2.45) is 0 Å². The fourth-order valence-corrected chi connectivity index (χ4v) is 2.20. The second-order valence-corrected chi connectivity index (χ2v) is 4.79. The van der Waals surface area contributed by atoms with Gasteiger partial charge < -0.3 is 11.1 Å². The van der Waals surface area contributed by atoms with Gasteiger partial charge >= 0.3 is 0 Å². The Morgan fingerprint density at radius 3 is 2.59 bits per heavy atom. The van der Waals surface area contributed by atoms with E-state index < -0.39 is 0 Å². The molecular formula is C11H11ClN4S. The van der Waals surface area contributed by atoms with Gasteiger partial charge in [-0.25, -0.2) is 4.98 Å². The smallest absolute Gasteiger partial charge is 0.223 e. The molecule has 0 aliphatic heterocycles. The zero-order valence-electron chi connectivity index (χ0n) is 9.14. The Labute approximate surface area is 109 Å². The molecule has 0 aliphatic rings. The summed E-state index contributed by atoms with van der Waals surface area (Å²) in [5.41, 5.74) is 5.62. The van der Waals surface area contributed by atoms with Gasteiger partial charge in [0.25, 0.3) is 0 Å². The molecule has 2 aromatic rings. The van der Waals surface area contributed by atoms with Gasteiger partial charge in [0.1, 0.15) is 10.8 Å². The van der Waals surface area contributed by atoms with Crippen LogP contribution < -0.4 is 11.1 Å². The molecule has 6 heteroatoms. The Bertz CT molecular complexity index is 515. The predicted octanol–water partition coefficient (Wildman–Crippen LogP) is 2.91. The summed E-state index contributed by atoms with van der Waals surface area (Å²) in [4.78, 5) is 9.24. The van der Waals surface area contributed by atoms with Crippen LogP contribution in [0.2, 0.25) is 5.02 Å². The minimum absolute atomic E-state index is 0.258. The van der Waals surface area contributed by atoms with E-state index in [1.165, 1.54) is 11.8 Å². The lowest BCUT2D eigenvalue weighted by Crippen LogP contribution is -2.00. The van der Waals surface area contributed by atoms with Gasteiger partial charge in [-0.1, -0.05) is 23.4 Å². The third kappa shape index (κ3) is 3.25. The van der Waals surface area contributed by atoms with E-state index >= 15 is 0 Å². The second-order valence-electron chi connectivity index (χ2n) is 3.26. The highest BCUT2D eigenvalue weighted by Crippen LogP contribution is 2.28. The number of rotatable bonds is 3. The second kappa shape index (κ2) is 5.25. The number of halogens is 1. The third-order valence-electron chi connectivity index (χ3n) is 2.01. The van der Waals surface area contributed by atoms with Gasteiger partial charge in [-0.3, -0.25) is 0 Å². The lowest BCUT2D eigenvalue weighted by molar-refractivity contribution is 1.06. The van der Waals surface area contributed by atoms with Crippen molar-refractivity contribution in [1.82, 2.24) is 9.97 Å². The van der Waals surface area contributed by atoms with Crippen molar-refractivity contribution in [1.29, 1.82) is 0 Å². The van der Waals surface area contributed by atoms with Crippen LogP contribution in [-0.2, 0) is 0 Å². The fourth-order valence-electron chi connectivity index (χ4n) is 1.25. The first kappa shape index (κ1) is 12.0. The van der Waals surface area contributed by atoms with Gasteiger partial charge in [0.05, 0.1) is 0 Å². The Morgan fingerprint density at radius 1 is 1.24 bits per heavy atom. The minimum atomic E-state index is 0.258. The predicted molar refractivity (Wildman–Crippen MR) is 71.6 cm³/mol. The summed E-state index contributed by atoms with van der Waals surface area (Å²) in [6, 6.07) is 9.39. The zero-order chi connectivity index (χ0) is 12.3. The average Bonchev–Trinajstić information content (AvgIpc) is 2.31. The summed E-state index contributed by atoms with van der Waals surface area (Å²) in [5.74, 6) is 0.960. The molecule has 0 bridgehead atoms. The van der Waals surface area contributed by atoms with Crippen LogP contribution >= 0.6 is 23.4 Å². The number of benzene rings is 1. The quantitative estimate of drug-likeness (QED) is 0.837. The maximum Gasteiger partial charge on any atom is 0.223 e. The molecule has 0 aliphatic carbocycles. The van der Waals surface area contributed by atoms with Crippen molar-refractivity contribution < 1.29 is 0 Å². The van der Waals surface area contributed by atoms with Gasteiger partial charge in [0.15, 0.2) is 0 Å². The maximum atomic E-state index is 5.82. The van der Waals surface area contributed by atoms with Crippen LogP contribution in [0.1, 0.15) is 0 Å². The molecule has 0 amide bonds.